The van der Waals surface area contributed by atoms with Crippen molar-refractivity contribution >= 4 is 0 Å². The molecule has 0 saturated carbocycles. The van der Waals surface area contributed by atoms with Gasteiger partial charge in [0.15, 0.2) is 5.75 Å². The van der Waals surface area contributed by atoms with Gasteiger partial charge in [0.05, 0.1) is 5.69 Å². The van der Waals surface area contributed by atoms with Gasteiger partial charge < -0.3 is 14.4 Å². The van der Waals surface area contributed by atoms with E-state index in [1.54, 1.807) is 20.2 Å². The summed E-state index contributed by atoms with van der Waals surface area (Å²) in [5.74, 6) is -0.162. The second-order valence-electron chi connectivity index (χ2n) is 3.15. The summed E-state index contributed by atoms with van der Waals surface area (Å²) in [4.78, 5) is 11.0. The second-order valence-corrected chi connectivity index (χ2v) is 3.15. The van der Waals surface area contributed by atoms with Gasteiger partial charge in [-0.1, -0.05) is 0 Å². The molecular weight excluding hydrogens is 182 g/mol. The van der Waals surface area contributed by atoms with E-state index in [0.29, 0.717) is 12.3 Å². The number of aromatic hydroxyl groups is 1. The molecule has 1 aromatic heterocycles. The van der Waals surface area contributed by atoms with E-state index in [-0.39, 0.29) is 11.2 Å². The predicted molar refractivity (Wildman–Crippen MR) is 53.6 cm³/mol. The molecule has 0 spiro atoms. The summed E-state index contributed by atoms with van der Waals surface area (Å²) < 4.78 is 6.76. The molecule has 0 unspecified atom stereocenters. The molecule has 0 aromatic carbocycles. The first-order chi connectivity index (χ1) is 6.66. The summed E-state index contributed by atoms with van der Waals surface area (Å²) in [7, 11) is 1.65. The molecule has 0 aliphatic heterocycles. The summed E-state index contributed by atoms with van der Waals surface area (Å²) in [6.45, 7) is 3.14. The Morgan fingerprint density at radius 1 is 1.57 bits per heavy atom. The van der Waals surface area contributed by atoms with E-state index in [2.05, 4.69) is 0 Å². The highest BCUT2D eigenvalue weighted by Crippen LogP contribution is 2.09. The average molecular weight is 197 g/mol. The minimum absolute atomic E-state index is 0.162. The van der Waals surface area contributed by atoms with Crippen LogP contribution in [-0.4, -0.2) is 23.4 Å². The predicted octanol–water partition coefficient (Wildman–Crippen LogP) is 0.899. The number of methoxy groups -OCH3 is 1. The van der Waals surface area contributed by atoms with Crippen molar-refractivity contribution in [3.8, 4) is 5.75 Å². The highest BCUT2D eigenvalue weighted by Gasteiger charge is 2.03. The summed E-state index contributed by atoms with van der Waals surface area (Å²) >= 11 is 0. The van der Waals surface area contributed by atoms with E-state index >= 15 is 0 Å². The van der Waals surface area contributed by atoms with Gasteiger partial charge in [-0.3, -0.25) is 4.79 Å². The Kier molecular flexibility index (Phi) is 3.71. The van der Waals surface area contributed by atoms with Crippen LogP contribution in [0.1, 0.15) is 12.1 Å². The Hall–Kier alpha value is -1.29. The van der Waals surface area contributed by atoms with Gasteiger partial charge in [0.1, 0.15) is 0 Å². The van der Waals surface area contributed by atoms with Crippen LogP contribution in [0.5, 0.6) is 5.75 Å². The van der Waals surface area contributed by atoms with E-state index in [1.807, 2.05) is 4.57 Å². The zero-order valence-electron chi connectivity index (χ0n) is 8.49. The molecule has 0 fully saturated rings. The lowest BCUT2D eigenvalue weighted by Crippen LogP contribution is -2.11. The molecule has 0 saturated heterocycles. The highest BCUT2D eigenvalue weighted by molar-refractivity contribution is 5.25. The third-order valence-electron chi connectivity index (χ3n) is 2.16. The SMILES string of the molecule is COCCCn1ccc(=O)c(O)c1C. The fourth-order valence-electron chi connectivity index (χ4n) is 1.28. The Labute approximate surface area is 82.8 Å². The van der Waals surface area contributed by atoms with Gasteiger partial charge in [-0.2, -0.15) is 0 Å². The lowest BCUT2D eigenvalue weighted by Gasteiger charge is -2.10. The van der Waals surface area contributed by atoms with E-state index in [9.17, 15) is 9.90 Å². The minimum atomic E-state index is -0.328. The second kappa shape index (κ2) is 4.81. The van der Waals surface area contributed by atoms with Gasteiger partial charge in [0, 0.05) is 32.5 Å². The van der Waals surface area contributed by atoms with Crippen LogP contribution >= 0.6 is 0 Å². The molecule has 1 N–H and O–H groups in total. The number of hydrogen-bond donors (Lipinski definition) is 1. The smallest absolute Gasteiger partial charge is 0.223 e. The molecule has 78 valence electrons. The van der Waals surface area contributed by atoms with Gasteiger partial charge in [-0.05, 0) is 13.3 Å². The molecule has 4 heteroatoms. The maximum atomic E-state index is 11.0. The van der Waals surface area contributed by atoms with Crippen LogP contribution in [0.4, 0.5) is 0 Å². The maximum absolute atomic E-state index is 11.0. The van der Waals surface area contributed by atoms with Crippen LogP contribution in [0, 0.1) is 6.92 Å². The van der Waals surface area contributed by atoms with E-state index in [0.717, 1.165) is 13.0 Å². The molecule has 1 heterocycles. The standard InChI is InChI=1S/C10H15NO3/c1-8-10(13)9(12)4-6-11(8)5-3-7-14-2/h4,6,13H,3,5,7H2,1-2H3. The summed E-state index contributed by atoms with van der Waals surface area (Å²) in [6, 6.07) is 1.37. The van der Waals surface area contributed by atoms with Crippen molar-refractivity contribution in [1.82, 2.24) is 4.57 Å². The Morgan fingerprint density at radius 2 is 2.29 bits per heavy atom. The van der Waals surface area contributed by atoms with Crippen LogP contribution in [0.2, 0.25) is 0 Å². The molecule has 4 nitrogen and oxygen atoms in total. The molecule has 1 rings (SSSR count). The first-order valence-corrected chi connectivity index (χ1v) is 4.54. The average Bonchev–Trinajstić information content (AvgIpc) is 2.18. The molecule has 0 aliphatic carbocycles. The van der Waals surface area contributed by atoms with Crippen LogP contribution in [0.25, 0.3) is 0 Å². The van der Waals surface area contributed by atoms with Gasteiger partial charge >= 0.3 is 0 Å². The van der Waals surface area contributed by atoms with Crippen molar-refractivity contribution in [3.05, 3.63) is 28.2 Å². The third kappa shape index (κ3) is 2.35. The molecular formula is C10H15NO3. The number of pyridine rings is 1. The van der Waals surface area contributed by atoms with Crippen molar-refractivity contribution in [2.75, 3.05) is 13.7 Å². The van der Waals surface area contributed by atoms with Gasteiger partial charge in [0.25, 0.3) is 0 Å². The Bertz CT molecular complexity index is 357. The minimum Gasteiger partial charge on any atom is -0.503 e. The monoisotopic (exact) mass is 197 g/mol. The van der Waals surface area contributed by atoms with Crippen molar-refractivity contribution in [3.63, 3.8) is 0 Å². The van der Waals surface area contributed by atoms with Crippen LogP contribution < -0.4 is 5.43 Å². The number of ether oxygens (including phenoxy) is 1. The largest absolute Gasteiger partial charge is 0.503 e. The van der Waals surface area contributed by atoms with E-state index in [4.69, 9.17) is 4.74 Å². The van der Waals surface area contributed by atoms with Crippen LogP contribution in [0.3, 0.4) is 0 Å². The lowest BCUT2D eigenvalue weighted by molar-refractivity contribution is 0.190. The Balaban J connectivity index is 2.78. The summed E-state index contributed by atoms with van der Waals surface area (Å²) in [5, 5.41) is 9.38. The molecule has 0 aliphatic rings. The van der Waals surface area contributed by atoms with Crippen molar-refractivity contribution in [2.24, 2.45) is 0 Å². The molecule has 14 heavy (non-hydrogen) atoms. The molecule has 0 atom stereocenters. The number of nitrogens with zero attached hydrogens (tertiary/aromatic N) is 1. The zero-order valence-corrected chi connectivity index (χ0v) is 8.49. The number of hydrogen-bond acceptors (Lipinski definition) is 3. The summed E-state index contributed by atoms with van der Waals surface area (Å²) in [6.07, 6.45) is 2.55. The van der Waals surface area contributed by atoms with Crippen LogP contribution in [0.15, 0.2) is 17.1 Å². The number of aryl methyl sites for hydroxylation is 1. The number of aromatic nitrogens is 1. The third-order valence-corrected chi connectivity index (χ3v) is 2.16. The topological polar surface area (TPSA) is 51.5 Å². The van der Waals surface area contributed by atoms with E-state index < -0.39 is 0 Å². The first kappa shape index (κ1) is 10.8. The van der Waals surface area contributed by atoms with Crippen molar-refractivity contribution < 1.29 is 9.84 Å². The van der Waals surface area contributed by atoms with Gasteiger partial charge in [-0.25, -0.2) is 0 Å². The zero-order chi connectivity index (χ0) is 10.6. The van der Waals surface area contributed by atoms with Crippen molar-refractivity contribution in [1.29, 1.82) is 0 Å². The maximum Gasteiger partial charge on any atom is 0.223 e. The van der Waals surface area contributed by atoms with Gasteiger partial charge in [-0.15, -0.1) is 0 Å². The summed E-state index contributed by atoms with van der Waals surface area (Å²) in [5.41, 5.74) is 0.277. The fraction of sp³-hybridized carbons (Fsp3) is 0.500. The Morgan fingerprint density at radius 3 is 2.93 bits per heavy atom. The highest BCUT2D eigenvalue weighted by atomic mass is 16.5. The number of rotatable bonds is 4. The quantitative estimate of drug-likeness (QED) is 0.729. The molecule has 1 aromatic rings. The fourth-order valence-corrected chi connectivity index (χ4v) is 1.28. The normalized spacial score (nSPS) is 10.4. The lowest BCUT2D eigenvalue weighted by atomic mass is 10.3. The van der Waals surface area contributed by atoms with Crippen molar-refractivity contribution in [2.45, 2.75) is 19.9 Å². The van der Waals surface area contributed by atoms with Gasteiger partial charge in [0.2, 0.25) is 5.43 Å². The molecule has 0 amide bonds. The van der Waals surface area contributed by atoms with Crippen LogP contribution in [-0.2, 0) is 11.3 Å². The first-order valence-electron chi connectivity index (χ1n) is 4.54. The molecule has 0 bridgehead atoms. The van der Waals surface area contributed by atoms with E-state index in [1.165, 1.54) is 6.07 Å². The molecule has 0 radical (unpaired) electrons.